The van der Waals surface area contributed by atoms with Crippen LogP contribution in [0, 0.1) is 0 Å². The maximum atomic E-state index is 10.8. The molecule has 130 valence electrons. The second kappa shape index (κ2) is 12.9. The van der Waals surface area contributed by atoms with Crippen molar-refractivity contribution in [3.8, 4) is 5.75 Å². The van der Waals surface area contributed by atoms with E-state index in [0.29, 0.717) is 6.42 Å². The van der Waals surface area contributed by atoms with Gasteiger partial charge in [0.15, 0.2) is 0 Å². The Morgan fingerprint density at radius 3 is 2.30 bits per heavy atom. The zero-order valence-corrected chi connectivity index (χ0v) is 14.4. The molecule has 0 radical (unpaired) electrons. The van der Waals surface area contributed by atoms with Gasteiger partial charge in [0, 0.05) is 6.42 Å². The van der Waals surface area contributed by atoms with Crippen molar-refractivity contribution >= 4 is 5.91 Å². The van der Waals surface area contributed by atoms with Crippen molar-refractivity contribution in [3.63, 3.8) is 0 Å². The molecule has 0 aromatic heterocycles. The minimum Gasteiger partial charge on any atom is -0.494 e. The van der Waals surface area contributed by atoms with Crippen LogP contribution < -0.4 is 10.2 Å². The molecule has 0 bridgehead atoms. The lowest BCUT2D eigenvalue weighted by atomic mass is 10.0. The molecule has 4 nitrogen and oxygen atoms in total. The largest absolute Gasteiger partial charge is 0.494 e. The van der Waals surface area contributed by atoms with E-state index in [4.69, 9.17) is 9.94 Å². The lowest BCUT2D eigenvalue weighted by Gasteiger charge is -2.07. The van der Waals surface area contributed by atoms with Gasteiger partial charge in [-0.25, -0.2) is 5.48 Å². The summed E-state index contributed by atoms with van der Waals surface area (Å²) in [6, 6.07) is 8.46. The molecule has 0 atom stereocenters. The Morgan fingerprint density at radius 1 is 1.00 bits per heavy atom. The number of unbranched alkanes of at least 4 members (excludes halogenated alkanes) is 6. The van der Waals surface area contributed by atoms with E-state index in [2.05, 4.69) is 31.2 Å². The zero-order chi connectivity index (χ0) is 16.8. The summed E-state index contributed by atoms with van der Waals surface area (Å²) in [4.78, 5) is 10.8. The lowest BCUT2D eigenvalue weighted by molar-refractivity contribution is -0.129. The van der Waals surface area contributed by atoms with E-state index in [1.165, 1.54) is 24.8 Å². The van der Waals surface area contributed by atoms with Crippen molar-refractivity contribution in [1.29, 1.82) is 0 Å². The van der Waals surface area contributed by atoms with Gasteiger partial charge in [-0.15, -0.1) is 0 Å². The van der Waals surface area contributed by atoms with E-state index in [1.54, 1.807) is 5.48 Å². The maximum absolute atomic E-state index is 10.8. The fraction of sp³-hybridized carbons (Fsp3) is 0.632. The predicted octanol–water partition coefficient (Wildman–Crippen LogP) is 4.64. The fourth-order valence-corrected chi connectivity index (χ4v) is 2.46. The van der Waals surface area contributed by atoms with Crippen LogP contribution in [-0.2, 0) is 11.2 Å². The molecule has 0 fully saturated rings. The van der Waals surface area contributed by atoms with Crippen molar-refractivity contribution < 1.29 is 14.7 Å². The summed E-state index contributed by atoms with van der Waals surface area (Å²) in [6.07, 6.45) is 10.5. The molecule has 1 amide bonds. The summed E-state index contributed by atoms with van der Waals surface area (Å²) < 4.78 is 5.66. The van der Waals surface area contributed by atoms with Gasteiger partial charge >= 0.3 is 0 Å². The molecule has 0 unspecified atom stereocenters. The highest BCUT2D eigenvalue weighted by atomic mass is 16.5. The number of carbonyl (C=O) groups excluding carboxylic acids is 1. The summed E-state index contributed by atoms with van der Waals surface area (Å²) in [5, 5.41) is 8.38. The number of hydrogen-bond donors (Lipinski definition) is 2. The van der Waals surface area contributed by atoms with Gasteiger partial charge in [-0.1, -0.05) is 51.2 Å². The average Bonchev–Trinajstić information content (AvgIpc) is 2.58. The van der Waals surface area contributed by atoms with E-state index in [0.717, 1.165) is 50.9 Å². The summed E-state index contributed by atoms with van der Waals surface area (Å²) in [6.45, 7) is 2.97. The molecule has 1 rings (SSSR count). The normalized spacial score (nSPS) is 10.5. The average molecular weight is 321 g/mol. The first-order chi connectivity index (χ1) is 11.3. The number of nitrogens with one attached hydrogen (secondary N) is 1. The molecular formula is C19H31NO3. The van der Waals surface area contributed by atoms with Crippen LogP contribution in [0.1, 0.15) is 70.3 Å². The number of rotatable bonds is 13. The molecule has 0 spiro atoms. The SMILES string of the molecule is CCCCOc1ccc(CCCCCCCCC(=O)NO)cc1. The monoisotopic (exact) mass is 321 g/mol. The molecule has 0 saturated heterocycles. The second-order valence-corrected chi connectivity index (χ2v) is 6.00. The molecule has 0 aliphatic carbocycles. The van der Waals surface area contributed by atoms with Crippen LogP contribution >= 0.6 is 0 Å². The van der Waals surface area contributed by atoms with Gasteiger partial charge in [-0.3, -0.25) is 10.0 Å². The van der Waals surface area contributed by atoms with Gasteiger partial charge in [-0.2, -0.15) is 0 Å². The highest BCUT2D eigenvalue weighted by Crippen LogP contribution is 2.15. The quantitative estimate of drug-likeness (QED) is 0.316. The topological polar surface area (TPSA) is 58.6 Å². The molecule has 0 heterocycles. The molecule has 23 heavy (non-hydrogen) atoms. The van der Waals surface area contributed by atoms with Crippen molar-refractivity contribution in [2.24, 2.45) is 0 Å². The van der Waals surface area contributed by atoms with Gasteiger partial charge in [-0.05, 0) is 43.4 Å². The Balaban J connectivity index is 2.02. The van der Waals surface area contributed by atoms with Crippen LogP contribution in [0.5, 0.6) is 5.75 Å². The van der Waals surface area contributed by atoms with Crippen LogP contribution in [-0.4, -0.2) is 17.7 Å². The number of ether oxygens (including phenoxy) is 1. The summed E-state index contributed by atoms with van der Waals surface area (Å²) in [5.74, 6) is 0.682. The standard InChI is InChI=1S/C19H31NO3/c1-2-3-16-23-18-14-12-17(13-15-18)10-8-6-4-5-7-9-11-19(21)20-22/h12-15,22H,2-11,16H2,1H3,(H,20,21). The van der Waals surface area contributed by atoms with Crippen LogP contribution in [0.3, 0.4) is 0 Å². The molecule has 0 aliphatic rings. The predicted molar refractivity (Wildman–Crippen MR) is 92.8 cm³/mol. The molecular weight excluding hydrogens is 290 g/mol. The van der Waals surface area contributed by atoms with Crippen molar-refractivity contribution in [2.45, 2.75) is 71.1 Å². The van der Waals surface area contributed by atoms with Crippen LogP contribution in [0.4, 0.5) is 0 Å². The lowest BCUT2D eigenvalue weighted by Crippen LogP contribution is -2.17. The number of carbonyl (C=O) groups is 1. The highest BCUT2D eigenvalue weighted by Gasteiger charge is 1.99. The van der Waals surface area contributed by atoms with Gasteiger partial charge in [0.25, 0.3) is 0 Å². The molecule has 1 aromatic rings. The Bertz CT molecular complexity index is 417. The zero-order valence-electron chi connectivity index (χ0n) is 14.4. The minimum absolute atomic E-state index is 0.285. The Kier molecular flexibility index (Phi) is 11.0. The first-order valence-electron chi connectivity index (χ1n) is 8.91. The van der Waals surface area contributed by atoms with Crippen LogP contribution in [0.25, 0.3) is 0 Å². The molecule has 2 N–H and O–H groups in total. The van der Waals surface area contributed by atoms with Gasteiger partial charge in [0.05, 0.1) is 6.61 Å². The number of hydroxylamine groups is 1. The van der Waals surface area contributed by atoms with Gasteiger partial charge < -0.3 is 4.74 Å². The number of aryl methyl sites for hydroxylation is 1. The van der Waals surface area contributed by atoms with E-state index in [-0.39, 0.29) is 5.91 Å². The van der Waals surface area contributed by atoms with Gasteiger partial charge in [0.1, 0.15) is 5.75 Å². The van der Waals surface area contributed by atoms with E-state index >= 15 is 0 Å². The number of benzene rings is 1. The molecule has 4 heteroatoms. The summed E-state index contributed by atoms with van der Waals surface area (Å²) >= 11 is 0. The third-order valence-corrected chi connectivity index (χ3v) is 3.93. The van der Waals surface area contributed by atoms with Gasteiger partial charge in [0.2, 0.25) is 5.91 Å². The second-order valence-electron chi connectivity index (χ2n) is 6.00. The fourth-order valence-electron chi connectivity index (χ4n) is 2.46. The minimum atomic E-state index is -0.285. The van der Waals surface area contributed by atoms with E-state index in [1.807, 2.05) is 0 Å². The first-order valence-corrected chi connectivity index (χ1v) is 8.91. The van der Waals surface area contributed by atoms with Crippen molar-refractivity contribution in [2.75, 3.05) is 6.61 Å². The molecule has 0 aliphatic heterocycles. The molecule has 1 aromatic carbocycles. The number of hydrogen-bond acceptors (Lipinski definition) is 3. The van der Waals surface area contributed by atoms with Crippen molar-refractivity contribution in [3.05, 3.63) is 29.8 Å². The summed E-state index contributed by atoms with van der Waals surface area (Å²) in [7, 11) is 0. The van der Waals surface area contributed by atoms with Crippen LogP contribution in [0.15, 0.2) is 24.3 Å². The van der Waals surface area contributed by atoms with E-state index in [9.17, 15) is 4.79 Å². The summed E-state index contributed by atoms with van der Waals surface area (Å²) in [5.41, 5.74) is 3.03. The third kappa shape index (κ3) is 9.95. The van der Waals surface area contributed by atoms with Crippen molar-refractivity contribution in [1.82, 2.24) is 5.48 Å². The maximum Gasteiger partial charge on any atom is 0.243 e. The highest BCUT2D eigenvalue weighted by molar-refractivity contribution is 5.74. The molecule has 0 saturated carbocycles. The van der Waals surface area contributed by atoms with E-state index < -0.39 is 0 Å². The Hall–Kier alpha value is -1.55. The third-order valence-electron chi connectivity index (χ3n) is 3.93. The Morgan fingerprint density at radius 2 is 1.65 bits per heavy atom. The first kappa shape index (κ1) is 19.5. The van der Waals surface area contributed by atoms with Crippen LogP contribution in [0.2, 0.25) is 0 Å². The smallest absolute Gasteiger partial charge is 0.243 e. The number of amides is 1. The Labute approximate surface area is 140 Å².